The number of aryl methyl sites for hydroxylation is 1. The van der Waals surface area contributed by atoms with Crippen LogP contribution >= 0.6 is 0 Å². The minimum atomic E-state index is -0.0822. The topological polar surface area (TPSA) is 62.5 Å². The Morgan fingerprint density at radius 1 is 1.29 bits per heavy atom. The summed E-state index contributed by atoms with van der Waals surface area (Å²) < 4.78 is 1.78. The lowest BCUT2D eigenvalue weighted by Crippen LogP contribution is -2.24. The zero-order valence-electron chi connectivity index (χ0n) is 11.9. The fourth-order valence-corrected chi connectivity index (χ4v) is 2.34. The number of aliphatic hydroxyl groups excluding tert-OH is 1. The summed E-state index contributed by atoms with van der Waals surface area (Å²) in [6, 6.07) is 11.8. The molecule has 2 N–H and O–H groups in total. The second-order valence-corrected chi connectivity index (χ2v) is 5.08. The highest BCUT2D eigenvalue weighted by atomic mass is 16.3. The maximum Gasteiger partial charge on any atom is 0.155 e. The monoisotopic (exact) mass is 282 g/mol. The average Bonchev–Trinajstić information content (AvgIpc) is 2.88. The fourth-order valence-electron chi connectivity index (χ4n) is 2.34. The summed E-state index contributed by atoms with van der Waals surface area (Å²) in [6.07, 6.45) is 3.80. The molecular weight excluding hydrogens is 264 g/mol. The van der Waals surface area contributed by atoms with Crippen LogP contribution in [0, 0.1) is 6.92 Å². The second kappa shape index (κ2) is 6.03. The number of hydrogen-bond donors (Lipinski definition) is 2. The number of fused-ring (bicyclic) bond motifs is 1. The van der Waals surface area contributed by atoms with E-state index in [0.717, 1.165) is 22.5 Å². The minimum Gasteiger partial charge on any atom is -0.394 e. The van der Waals surface area contributed by atoms with Gasteiger partial charge in [0.2, 0.25) is 0 Å². The number of nitrogens with one attached hydrogen (secondary N) is 1. The van der Waals surface area contributed by atoms with E-state index in [0.29, 0.717) is 6.54 Å². The van der Waals surface area contributed by atoms with Crippen LogP contribution in [-0.4, -0.2) is 26.3 Å². The van der Waals surface area contributed by atoms with Gasteiger partial charge in [0.15, 0.2) is 5.65 Å². The summed E-state index contributed by atoms with van der Waals surface area (Å²) in [5, 5.41) is 17.2. The van der Waals surface area contributed by atoms with Crippen molar-refractivity contribution in [1.82, 2.24) is 19.9 Å². The summed E-state index contributed by atoms with van der Waals surface area (Å²) in [5.74, 6) is 0. The van der Waals surface area contributed by atoms with E-state index in [9.17, 15) is 5.11 Å². The summed E-state index contributed by atoms with van der Waals surface area (Å²) in [5.41, 5.74) is 3.90. The van der Waals surface area contributed by atoms with Crippen LogP contribution in [0.4, 0.5) is 0 Å². The Morgan fingerprint density at radius 2 is 2.10 bits per heavy atom. The molecule has 0 aliphatic carbocycles. The molecule has 0 radical (unpaired) electrons. The van der Waals surface area contributed by atoms with Gasteiger partial charge >= 0.3 is 0 Å². The largest absolute Gasteiger partial charge is 0.394 e. The Morgan fingerprint density at radius 3 is 2.86 bits per heavy atom. The molecule has 2 aromatic heterocycles. The van der Waals surface area contributed by atoms with E-state index in [2.05, 4.69) is 15.4 Å². The van der Waals surface area contributed by atoms with Crippen molar-refractivity contribution in [2.75, 3.05) is 6.61 Å². The van der Waals surface area contributed by atoms with Gasteiger partial charge in [-0.25, -0.2) is 9.50 Å². The van der Waals surface area contributed by atoms with Crippen molar-refractivity contribution in [1.29, 1.82) is 0 Å². The molecule has 0 fully saturated rings. The van der Waals surface area contributed by atoms with Crippen LogP contribution in [0.15, 0.2) is 48.8 Å². The van der Waals surface area contributed by atoms with Gasteiger partial charge in [0, 0.05) is 30.6 Å². The molecule has 3 aromatic rings. The van der Waals surface area contributed by atoms with Gasteiger partial charge in [0.05, 0.1) is 18.3 Å². The Balaban J connectivity index is 1.72. The number of hydrogen-bond acceptors (Lipinski definition) is 4. The molecule has 0 saturated heterocycles. The van der Waals surface area contributed by atoms with E-state index in [1.54, 1.807) is 4.52 Å². The molecular formula is C16H18N4O. The van der Waals surface area contributed by atoms with Crippen LogP contribution in [-0.2, 0) is 6.54 Å². The molecule has 0 amide bonds. The normalized spacial score (nSPS) is 12.7. The third-order valence-electron chi connectivity index (χ3n) is 3.43. The quantitative estimate of drug-likeness (QED) is 0.750. The Hall–Kier alpha value is -2.24. The van der Waals surface area contributed by atoms with Gasteiger partial charge in [0.25, 0.3) is 0 Å². The molecule has 5 heteroatoms. The molecule has 2 heterocycles. The predicted octanol–water partition coefficient (Wildman–Crippen LogP) is 1.86. The van der Waals surface area contributed by atoms with Gasteiger partial charge in [-0.3, -0.25) is 0 Å². The van der Waals surface area contributed by atoms with E-state index in [4.69, 9.17) is 0 Å². The summed E-state index contributed by atoms with van der Waals surface area (Å²) >= 11 is 0. The lowest BCUT2D eigenvalue weighted by atomic mass is 10.1. The standard InChI is InChI=1S/C16H18N4O/c1-12-7-16-18-9-13(10-20(16)19-12)8-17-15(11-21)14-5-3-2-4-6-14/h2-7,9-10,15,17,21H,8,11H2,1H3. The zero-order chi connectivity index (χ0) is 14.7. The van der Waals surface area contributed by atoms with Crippen molar-refractivity contribution in [2.45, 2.75) is 19.5 Å². The van der Waals surface area contributed by atoms with Crippen LogP contribution in [0.5, 0.6) is 0 Å². The number of nitrogens with zero attached hydrogens (tertiary/aromatic N) is 3. The summed E-state index contributed by atoms with van der Waals surface area (Å²) in [6.45, 7) is 2.63. The van der Waals surface area contributed by atoms with Crippen molar-refractivity contribution in [3.63, 3.8) is 0 Å². The fraction of sp³-hybridized carbons (Fsp3) is 0.250. The van der Waals surface area contributed by atoms with Gasteiger partial charge in [-0.1, -0.05) is 30.3 Å². The lowest BCUT2D eigenvalue weighted by Gasteiger charge is -2.16. The van der Waals surface area contributed by atoms with Crippen molar-refractivity contribution < 1.29 is 5.11 Å². The van der Waals surface area contributed by atoms with Gasteiger partial charge < -0.3 is 10.4 Å². The molecule has 1 unspecified atom stereocenters. The minimum absolute atomic E-state index is 0.0561. The number of aromatic nitrogens is 3. The molecule has 108 valence electrons. The van der Waals surface area contributed by atoms with Gasteiger partial charge in [0.1, 0.15) is 0 Å². The first-order chi connectivity index (χ1) is 10.3. The maximum absolute atomic E-state index is 9.54. The molecule has 0 spiro atoms. The van der Waals surface area contributed by atoms with E-state index >= 15 is 0 Å². The Bertz CT molecular complexity index is 723. The Labute approximate surface area is 123 Å². The first-order valence-corrected chi connectivity index (χ1v) is 6.96. The second-order valence-electron chi connectivity index (χ2n) is 5.08. The highest BCUT2D eigenvalue weighted by molar-refractivity contribution is 5.38. The number of benzene rings is 1. The van der Waals surface area contributed by atoms with Gasteiger partial charge in [-0.05, 0) is 12.5 Å². The molecule has 1 aromatic carbocycles. The van der Waals surface area contributed by atoms with Gasteiger partial charge in [-0.15, -0.1) is 0 Å². The van der Waals surface area contributed by atoms with Crippen molar-refractivity contribution >= 4 is 5.65 Å². The van der Waals surface area contributed by atoms with Crippen LogP contribution in [0.25, 0.3) is 5.65 Å². The van der Waals surface area contributed by atoms with E-state index in [1.807, 2.05) is 55.7 Å². The van der Waals surface area contributed by atoms with Gasteiger partial charge in [-0.2, -0.15) is 5.10 Å². The molecule has 21 heavy (non-hydrogen) atoms. The summed E-state index contributed by atoms with van der Waals surface area (Å²) in [7, 11) is 0. The first-order valence-electron chi connectivity index (χ1n) is 6.96. The average molecular weight is 282 g/mol. The number of aliphatic hydroxyl groups is 1. The van der Waals surface area contributed by atoms with Crippen molar-refractivity contribution in [3.8, 4) is 0 Å². The first kappa shape index (κ1) is 13.7. The molecule has 5 nitrogen and oxygen atoms in total. The van der Waals surface area contributed by atoms with E-state index in [-0.39, 0.29) is 12.6 Å². The molecule has 3 rings (SSSR count). The summed E-state index contributed by atoms with van der Waals surface area (Å²) in [4.78, 5) is 4.38. The Kier molecular flexibility index (Phi) is 3.94. The van der Waals surface area contributed by atoms with Crippen molar-refractivity contribution in [2.24, 2.45) is 0 Å². The molecule has 1 atom stereocenters. The molecule has 0 saturated carbocycles. The smallest absolute Gasteiger partial charge is 0.155 e. The SMILES string of the molecule is Cc1cc2ncc(CNC(CO)c3ccccc3)cn2n1. The number of rotatable bonds is 5. The molecule has 0 aliphatic heterocycles. The van der Waals surface area contributed by atoms with Crippen molar-refractivity contribution in [3.05, 3.63) is 65.6 Å². The molecule has 0 bridgehead atoms. The van der Waals surface area contributed by atoms with E-state index < -0.39 is 0 Å². The van der Waals surface area contributed by atoms with Crippen LogP contribution < -0.4 is 5.32 Å². The zero-order valence-corrected chi connectivity index (χ0v) is 11.9. The lowest BCUT2D eigenvalue weighted by molar-refractivity contribution is 0.243. The predicted molar refractivity (Wildman–Crippen MR) is 80.8 cm³/mol. The highest BCUT2D eigenvalue weighted by Gasteiger charge is 2.09. The highest BCUT2D eigenvalue weighted by Crippen LogP contribution is 2.13. The van der Waals surface area contributed by atoms with Crippen LogP contribution in [0.3, 0.4) is 0 Å². The maximum atomic E-state index is 9.54. The van der Waals surface area contributed by atoms with Crippen LogP contribution in [0.1, 0.15) is 22.9 Å². The molecule has 0 aliphatic rings. The third-order valence-corrected chi connectivity index (χ3v) is 3.43. The van der Waals surface area contributed by atoms with Crippen LogP contribution in [0.2, 0.25) is 0 Å². The third kappa shape index (κ3) is 3.09. The van der Waals surface area contributed by atoms with E-state index in [1.165, 1.54) is 0 Å².